The Labute approximate surface area is 152 Å². The van der Waals surface area contributed by atoms with Crippen molar-refractivity contribution in [1.82, 2.24) is 0 Å². The molecule has 0 N–H and O–H groups in total. The van der Waals surface area contributed by atoms with Crippen LogP contribution >= 0.6 is 0 Å². The number of hydrogen-bond acceptors (Lipinski definition) is 4. The Morgan fingerprint density at radius 2 is 1.52 bits per heavy atom. The fraction of sp³-hybridized carbons (Fsp3) is 0.650. The smallest absolute Gasteiger partial charge is 0.311 e. The maximum absolute atomic E-state index is 12.9. The van der Waals surface area contributed by atoms with Gasteiger partial charge < -0.3 is 4.74 Å². The quantitative estimate of drug-likeness (QED) is 0.468. The first-order valence-corrected chi connectivity index (χ1v) is 10.4. The van der Waals surface area contributed by atoms with E-state index >= 15 is 0 Å². The Morgan fingerprint density at radius 3 is 2.04 bits per heavy atom. The van der Waals surface area contributed by atoms with Crippen LogP contribution in [0.25, 0.3) is 0 Å². The van der Waals surface area contributed by atoms with Crippen molar-refractivity contribution >= 4 is 15.8 Å². The minimum absolute atomic E-state index is 0.193. The van der Waals surface area contributed by atoms with Gasteiger partial charge in [0.1, 0.15) is 0 Å². The van der Waals surface area contributed by atoms with Gasteiger partial charge in [0, 0.05) is 0 Å². The average Bonchev–Trinajstić information content (AvgIpc) is 2.52. The zero-order valence-electron chi connectivity index (χ0n) is 16.4. The zero-order valence-corrected chi connectivity index (χ0v) is 17.2. The second-order valence-corrected chi connectivity index (χ2v) is 10.5. The predicted molar refractivity (Wildman–Crippen MR) is 101 cm³/mol. The zero-order chi connectivity index (χ0) is 19.3. The normalized spacial score (nSPS) is 12.9. The summed E-state index contributed by atoms with van der Waals surface area (Å²) in [7, 11) is -3.39. The SMILES string of the molecule is CCOC(=O)C(C)(C)CCCCC(C)(C)S(=O)(=O)c1ccc(C)cc1. The molecular formula is C20H32O4S. The van der Waals surface area contributed by atoms with E-state index in [9.17, 15) is 13.2 Å². The van der Waals surface area contributed by atoms with Crippen LogP contribution in [0.15, 0.2) is 29.2 Å². The average molecular weight is 369 g/mol. The highest BCUT2D eigenvalue weighted by atomic mass is 32.2. The molecule has 0 radical (unpaired) electrons. The fourth-order valence-corrected chi connectivity index (χ4v) is 4.26. The van der Waals surface area contributed by atoms with E-state index in [-0.39, 0.29) is 5.97 Å². The van der Waals surface area contributed by atoms with Gasteiger partial charge in [-0.2, -0.15) is 0 Å². The van der Waals surface area contributed by atoms with E-state index in [1.54, 1.807) is 32.9 Å². The van der Waals surface area contributed by atoms with Gasteiger partial charge in [0.15, 0.2) is 9.84 Å². The fourth-order valence-electron chi connectivity index (χ4n) is 2.72. The molecule has 25 heavy (non-hydrogen) atoms. The van der Waals surface area contributed by atoms with Gasteiger partial charge >= 0.3 is 5.97 Å². The van der Waals surface area contributed by atoms with Crippen molar-refractivity contribution in [2.45, 2.75) is 76.9 Å². The summed E-state index contributed by atoms with van der Waals surface area (Å²) in [5, 5.41) is 0. The van der Waals surface area contributed by atoms with Crippen molar-refractivity contribution in [3.8, 4) is 0 Å². The molecule has 1 aromatic carbocycles. The van der Waals surface area contributed by atoms with Crippen LogP contribution in [0.1, 0.15) is 65.9 Å². The second kappa shape index (κ2) is 8.35. The van der Waals surface area contributed by atoms with Crippen molar-refractivity contribution in [1.29, 1.82) is 0 Å². The molecule has 0 spiro atoms. The van der Waals surface area contributed by atoms with Crippen molar-refractivity contribution in [3.05, 3.63) is 29.8 Å². The molecule has 0 atom stereocenters. The van der Waals surface area contributed by atoms with Crippen molar-refractivity contribution < 1.29 is 17.9 Å². The summed E-state index contributed by atoms with van der Waals surface area (Å²) < 4.78 is 30.0. The van der Waals surface area contributed by atoms with E-state index in [0.717, 1.165) is 18.4 Å². The number of sulfone groups is 1. The number of benzene rings is 1. The summed E-state index contributed by atoms with van der Waals surface area (Å²) in [6, 6.07) is 7.00. The van der Waals surface area contributed by atoms with Crippen molar-refractivity contribution in [3.63, 3.8) is 0 Å². The standard InChI is InChI=1S/C20H32O4S/c1-7-24-18(21)19(3,4)14-8-9-15-20(5,6)25(22,23)17-12-10-16(2)11-13-17/h10-13H,7-9,14-15H2,1-6H3. The van der Waals surface area contributed by atoms with E-state index in [4.69, 9.17) is 4.74 Å². The van der Waals surface area contributed by atoms with Crippen LogP contribution in [0.4, 0.5) is 0 Å². The number of rotatable bonds is 9. The van der Waals surface area contributed by atoms with Crippen LogP contribution in [-0.4, -0.2) is 25.7 Å². The lowest BCUT2D eigenvalue weighted by molar-refractivity contribution is -0.153. The number of hydrogen-bond donors (Lipinski definition) is 0. The molecule has 0 aliphatic heterocycles. The molecule has 5 heteroatoms. The molecule has 142 valence electrons. The van der Waals surface area contributed by atoms with Gasteiger partial charge in [0.05, 0.1) is 21.7 Å². The summed E-state index contributed by atoms with van der Waals surface area (Å²) in [5.41, 5.74) is 0.508. The molecule has 0 fully saturated rings. The number of carbonyl (C=O) groups is 1. The lowest BCUT2D eigenvalue weighted by Crippen LogP contribution is -2.32. The number of ether oxygens (including phenoxy) is 1. The Morgan fingerprint density at radius 1 is 1.00 bits per heavy atom. The summed E-state index contributed by atoms with van der Waals surface area (Å²) in [6.07, 6.45) is 2.79. The molecule has 0 heterocycles. The van der Waals surface area contributed by atoms with Crippen LogP contribution in [0.3, 0.4) is 0 Å². The molecule has 0 saturated carbocycles. The van der Waals surface area contributed by atoms with Gasteiger partial charge in [-0.25, -0.2) is 8.42 Å². The third-order valence-corrected chi connectivity index (χ3v) is 7.27. The number of aryl methyl sites for hydroxylation is 1. The molecule has 0 aliphatic carbocycles. The van der Waals surface area contributed by atoms with E-state index in [0.29, 0.717) is 24.3 Å². The highest BCUT2D eigenvalue weighted by molar-refractivity contribution is 7.92. The highest BCUT2D eigenvalue weighted by Gasteiger charge is 2.35. The minimum atomic E-state index is -3.39. The number of esters is 1. The topological polar surface area (TPSA) is 60.4 Å². The van der Waals surface area contributed by atoms with Crippen LogP contribution in [0.2, 0.25) is 0 Å². The van der Waals surface area contributed by atoms with Crippen LogP contribution in [0, 0.1) is 12.3 Å². The maximum Gasteiger partial charge on any atom is 0.311 e. The van der Waals surface area contributed by atoms with Gasteiger partial charge in [-0.3, -0.25) is 4.79 Å². The molecule has 0 aromatic heterocycles. The Balaban J connectivity index is 2.66. The molecule has 0 aliphatic rings. The van der Waals surface area contributed by atoms with Crippen LogP contribution in [0.5, 0.6) is 0 Å². The Hall–Kier alpha value is -1.36. The molecule has 1 aromatic rings. The monoisotopic (exact) mass is 368 g/mol. The van der Waals surface area contributed by atoms with E-state index in [1.165, 1.54) is 0 Å². The summed E-state index contributed by atoms with van der Waals surface area (Å²) in [5.74, 6) is -0.193. The molecule has 0 saturated heterocycles. The predicted octanol–water partition coefficient (Wildman–Crippen LogP) is 4.70. The lowest BCUT2D eigenvalue weighted by atomic mass is 9.86. The van der Waals surface area contributed by atoms with Gasteiger partial charge in [-0.15, -0.1) is 0 Å². The number of unbranched alkanes of at least 4 members (excludes halogenated alkanes) is 1. The second-order valence-electron chi connectivity index (χ2n) is 7.89. The molecule has 1 rings (SSSR count). The summed E-state index contributed by atoms with van der Waals surface area (Å²) in [6.45, 7) is 11.4. The van der Waals surface area contributed by atoms with Crippen LogP contribution < -0.4 is 0 Å². The first kappa shape index (κ1) is 21.7. The molecule has 0 unspecified atom stereocenters. The minimum Gasteiger partial charge on any atom is -0.466 e. The van der Waals surface area contributed by atoms with Gasteiger partial charge in [0.25, 0.3) is 0 Å². The Kier molecular flexibility index (Phi) is 7.24. The lowest BCUT2D eigenvalue weighted by Gasteiger charge is -2.26. The van der Waals surface area contributed by atoms with Crippen molar-refractivity contribution in [2.75, 3.05) is 6.61 Å². The van der Waals surface area contributed by atoms with E-state index < -0.39 is 20.0 Å². The first-order chi connectivity index (χ1) is 11.4. The third-order valence-electron chi connectivity index (χ3n) is 4.72. The highest BCUT2D eigenvalue weighted by Crippen LogP contribution is 2.32. The molecular weight excluding hydrogens is 336 g/mol. The maximum atomic E-state index is 12.9. The molecule has 0 amide bonds. The summed E-state index contributed by atoms with van der Waals surface area (Å²) in [4.78, 5) is 12.3. The molecule has 4 nitrogen and oxygen atoms in total. The summed E-state index contributed by atoms with van der Waals surface area (Å²) >= 11 is 0. The van der Waals surface area contributed by atoms with Gasteiger partial charge in [0.2, 0.25) is 0 Å². The van der Waals surface area contributed by atoms with E-state index in [1.807, 2.05) is 32.9 Å². The molecule has 0 bridgehead atoms. The third kappa shape index (κ3) is 5.56. The van der Waals surface area contributed by atoms with Crippen molar-refractivity contribution in [2.24, 2.45) is 5.41 Å². The van der Waals surface area contributed by atoms with Gasteiger partial charge in [-0.1, -0.05) is 30.5 Å². The number of carbonyl (C=O) groups excluding carboxylic acids is 1. The first-order valence-electron chi connectivity index (χ1n) is 8.92. The Bertz CT molecular complexity index is 670. The van der Waals surface area contributed by atoms with E-state index in [2.05, 4.69) is 0 Å². The largest absolute Gasteiger partial charge is 0.466 e. The van der Waals surface area contributed by atoms with Crippen LogP contribution in [-0.2, 0) is 19.4 Å². The van der Waals surface area contributed by atoms with Gasteiger partial charge in [-0.05, 0) is 66.5 Å².